The number of carboxylic acids is 1. The van der Waals surface area contributed by atoms with E-state index in [2.05, 4.69) is 0 Å². The molecule has 0 fully saturated rings. The minimum Gasteiger partial charge on any atom is -0.481 e. The number of carboxylic acid groups (broad SMARTS) is 1. The van der Waals surface area contributed by atoms with Crippen LogP contribution in [0.1, 0.15) is 18.0 Å². The van der Waals surface area contributed by atoms with Crippen LogP contribution in [0, 0.1) is 0 Å². The van der Waals surface area contributed by atoms with Crippen molar-refractivity contribution < 1.29 is 36.6 Å². The molecule has 0 spiro atoms. The minimum absolute atomic E-state index is 0.103. The highest BCUT2D eigenvalue weighted by Crippen LogP contribution is 2.36. The summed E-state index contributed by atoms with van der Waals surface area (Å²) in [6.07, 6.45) is -6.88. The van der Waals surface area contributed by atoms with E-state index in [1.165, 1.54) is 35.6 Å². The van der Waals surface area contributed by atoms with Crippen molar-refractivity contribution in [2.24, 2.45) is 0 Å². The third-order valence-electron chi connectivity index (χ3n) is 2.53. The van der Waals surface area contributed by atoms with E-state index in [9.17, 15) is 31.5 Å². The summed E-state index contributed by atoms with van der Waals surface area (Å²) in [5.74, 6) is -9.65. The van der Waals surface area contributed by atoms with E-state index in [1.807, 2.05) is 0 Å². The van der Waals surface area contributed by atoms with Crippen LogP contribution in [0.5, 0.6) is 0 Å². The van der Waals surface area contributed by atoms with Crippen LogP contribution in [-0.2, 0) is 9.59 Å². The number of nitrogens with one attached hydrogen (secondary N) is 1. The van der Waals surface area contributed by atoms with E-state index < -0.39 is 36.4 Å². The van der Waals surface area contributed by atoms with Crippen molar-refractivity contribution in [3.63, 3.8) is 0 Å². The summed E-state index contributed by atoms with van der Waals surface area (Å²) in [4.78, 5) is 21.8. The van der Waals surface area contributed by atoms with Gasteiger partial charge in [0.25, 0.3) is 0 Å². The van der Waals surface area contributed by atoms with Crippen molar-refractivity contribution >= 4 is 11.9 Å². The molecular formula is C12H10F5NO3. The standard InChI is InChI=1S/C12H10F5NO3/c13-11(14,12(15,16)17)10(21)18-8(6-9(19)20)7-4-2-1-3-5-7/h1-5,8H,6H2,(H,18,21)(H,19,20). The summed E-state index contributed by atoms with van der Waals surface area (Å²) in [5, 5.41) is 10.1. The summed E-state index contributed by atoms with van der Waals surface area (Å²) >= 11 is 0. The number of alkyl halides is 5. The Morgan fingerprint density at radius 2 is 1.62 bits per heavy atom. The fourth-order valence-corrected chi connectivity index (χ4v) is 1.49. The Morgan fingerprint density at radius 3 is 2.05 bits per heavy atom. The topological polar surface area (TPSA) is 66.4 Å². The number of carbonyl (C=O) groups is 2. The third-order valence-corrected chi connectivity index (χ3v) is 2.53. The molecule has 2 N–H and O–H groups in total. The lowest BCUT2D eigenvalue weighted by molar-refractivity contribution is -0.270. The quantitative estimate of drug-likeness (QED) is 0.821. The maximum absolute atomic E-state index is 12.9. The lowest BCUT2D eigenvalue weighted by Gasteiger charge is -2.23. The zero-order valence-corrected chi connectivity index (χ0v) is 10.3. The van der Waals surface area contributed by atoms with Gasteiger partial charge in [0.1, 0.15) is 0 Å². The smallest absolute Gasteiger partial charge is 0.463 e. The lowest BCUT2D eigenvalue weighted by atomic mass is 10.0. The first kappa shape index (κ1) is 16.9. The van der Waals surface area contributed by atoms with E-state index in [0.717, 1.165) is 0 Å². The van der Waals surface area contributed by atoms with Gasteiger partial charge in [0.2, 0.25) is 0 Å². The monoisotopic (exact) mass is 311 g/mol. The number of benzene rings is 1. The average molecular weight is 311 g/mol. The van der Waals surface area contributed by atoms with E-state index in [1.54, 1.807) is 0 Å². The highest BCUT2D eigenvalue weighted by atomic mass is 19.4. The van der Waals surface area contributed by atoms with Crippen molar-refractivity contribution in [3.8, 4) is 0 Å². The van der Waals surface area contributed by atoms with Crippen molar-refractivity contribution in [2.45, 2.75) is 24.6 Å². The molecule has 0 saturated carbocycles. The summed E-state index contributed by atoms with van der Waals surface area (Å²) in [6, 6.07) is 5.51. The molecule has 21 heavy (non-hydrogen) atoms. The van der Waals surface area contributed by atoms with Gasteiger partial charge in [0.15, 0.2) is 0 Å². The van der Waals surface area contributed by atoms with E-state index in [0.29, 0.717) is 0 Å². The molecule has 0 aliphatic carbocycles. The second-order valence-corrected chi connectivity index (χ2v) is 4.11. The van der Waals surface area contributed by atoms with Crippen LogP contribution in [0.4, 0.5) is 22.0 Å². The normalized spacial score (nSPS) is 13.6. The van der Waals surface area contributed by atoms with Crippen LogP contribution >= 0.6 is 0 Å². The van der Waals surface area contributed by atoms with Gasteiger partial charge in [0.05, 0.1) is 12.5 Å². The first-order chi connectivity index (χ1) is 9.55. The second-order valence-electron chi connectivity index (χ2n) is 4.11. The van der Waals surface area contributed by atoms with Crippen molar-refractivity contribution in [3.05, 3.63) is 35.9 Å². The number of aliphatic carboxylic acids is 1. The largest absolute Gasteiger partial charge is 0.481 e. The van der Waals surface area contributed by atoms with E-state index in [-0.39, 0.29) is 5.56 Å². The SMILES string of the molecule is O=C(O)CC(NC(=O)C(F)(F)C(F)(F)F)c1ccccc1. The molecule has 0 heterocycles. The van der Waals surface area contributed by atoms with Crippen molar-refractivity contribution in [2.75, 3.05) is 0 Å². The Hall–Kier alpha value is -2.19. The first-order valence-corrected chi connectivity index (χ1v) is 5.58. The molecule has 9 heteroatoms. The maximum Gasteiger partial charge on any atom is 0.463 e. The number of rotatable bonds is 5. The fraction of sp³-hybridized carbons (Fsp3) is 0.333. The zero-order valence-electron chi connectivity index (χ0n) is 10.3. The van der Waals surface area contributed by atoms with Gasteiger partial charge < -0.3 is 10.4 Å². The van der Waals surface area contributed by atoms with Crippen LogP contribution in [0.25, 0.3) is 0 Å². The van der Waals surface area contributed by atoms with Crippen LogP contribution in [0.15, 0.2) is 30.3 Å². The Morgan fingerprint density at radius 1 is 1.10 bits per heavy atom. The molecule has 1 aromatic rings. The second kappa shape index (κ2) is 6.06. The molecule has 116 valence electrons. The fourth-order valence-electron chi connectivity index (χ4n) is 1.49. The highest BCUT2D eigenvalue weighted by Gasteiger charge is 2.63. The predicted octanol–water partition coefficient (Wildman–Crippen LogP) is 2.52. The Balaban J connectivity index is 2.98. The first-order valence-electron chi connectivity index (χ1n) is 5.58. The molecule has 0 aliphatic rings. The summed E-state index contributed by atoms with van der Waals surface area (Å²) in [6.45, 7) is 0. The van der Waals surface area contributed by atoms with Crippen LogP contribution < -0.4 is 5.32 Å². The molecule has 1 atom stereocenters. The Kier molecular flexibility index (Phi) is 4.87. The molecule has 1 rings (SSSR count). The minimum atomic E-state index is -6.05. The summed E-state index contributed by atoms with van der Waals surface area (Å²) in [5.41, 5.74) is 0.103. The lowest BCUT2D eigenvalue weighted by Crippen LogP contribution is -2.51. The number of carbonyl (C=O) groups excluding carboxylic acids is 1. The molecule has 0 saturated heterocycles. The summed E-state index contributed by atoms with van der Waals surface area (Å²) in [7, 11) is 0. The van der Waals surface area contributed by atoms with Crippen molar-refractivity contribution in [1.29, 1.82) is 0 Å². The van der Waals surface area contributed by atoms with Gasteiger partial charge in [0, 0.05) is 0 Å². The van der Waals surface area contributed by atoms with Gasteiger partial charge in [-0.2, -0.15) is 22.0 Å². The maximum atomic E-state index is 12.9. The van der Waals surface area contributed by atoms with Crippen molar-refractivity contribution in [1.82, 2.24) is 5.32 Å². The Labute approximate surface area is 115 Å². The molecule has 0 aromatic heterocycles. The third kappa shape index (κ3) is 4.14. The number of halogens is 5. The average Bonchev–Trinajstić information content (AvgIpc) is 2.37. The molecule has 1 amide bonds. The highest BCUT2D eigenvalue weighted by molar-refractivity contribution is 5.85. The Bertz CT molecular complexity index is 515. The molecule has 0 bridgehead atoms. The van der Waals surface area contributed by atoms with Crippen LogP contribution in [0.3, 0.4) is 0 Å². The van der Waals surface area contributed by atoms with Gasteiger partial charge >= 0.3 is 24.0 Å². The predicted molar refractivity (Wildman–Crippen MR) is 60.6 cm³/mol. The number of hydrogen-bond acceptors (Lipinski definition) is 2. The van der Waals surface area contributed by atoms with Gasteiger partial charge in [-0.3, -0.25) is 9.59 Å². The molecule has 1 aromatic carbocycles. The molecular weight excluding hydrogens is 301 g/mol. The van der Waals surface area contributed by atoms with Gasteiger partial charge in [-0.05, 0) is 5.56 Å². The van der Waals surface area contributed by atoms with E-state index in [4.69, 9.17) is 5.11 Å². The molecule has 0 radical (unpaired) electrons. The number of amides is 1. The van der Waals surface area contributed by atoms with E-state index >= 15 is 0 Å². The van der Waals surface area contributed by atoms with Gasteiger partial charge in [-0.25, -0.2) is 0 Å². The molecule has 0 aliphatic heterocycles. The van der Waals surface area contributed by atoms with Crippen LogP contribution in [0.2, 0.25) is 0 Å². The number of hydrogen-bond donors (Lipinski definition) is 2. The molecule has 4 nitrogen and oxygen atoms in total. The summed E-state index contributed by atoms with van der Waals surface area (Å²) < 4.78 is 61.9. The molecule has 1 unspecified atom stereocenters. The van der Waals surface area contributed by atoms with Gasteiger partial charge in [-0.15, -0.1) is 0 Å². The van der Waals surface area contributed by atoms with Crippen LogP contribution in [-0.4, -0.2) is 29.1 Å². The zero-order chi connectivity index (χ0) is 16.3. The van der Waals surface area contributed by atoms with Gasteiger partial charge in [-0.1, -0.05) is 30.3 Å².